The Bertz CT molecular complexity index is 954. The molecule has 0 spiro atoms. The van der Waals surface area contributed by atoms with Crippen LogP contribution in [0.3, 0.4) is 0 Å². The van der Waals surface area contributed by atoms with Crippen LogP contribution in [-0.4, -0.2) is 61.9 Å². The van der Waals surface area contributed by atoms with Crippen LogP contribution in [0.2, 0.25) is 0 Å². The molecule has 0 aliphatic carbocycles. The van der Waals surface area contributed by atoms with Crippen molar-refractivity contribution >= 4 is 11.9 Å². The summed E-state index contributed by atoms with van der Waals surface area (Å²) in [5.74, 6) is 1.38. The fourth-order valence-electron chi connectivity index (χ4n) is 2.85. The zero-order valence-electron chi connectivity index (χ0n) is 15.4. The third-order valence-electron chi connectivity index (χ3n) is 4.22. The third-order valence-corrected chi connectivity index (χ3v) is 4.22. The molecule has 1 N–H and O–H groups in total. The molecule has 28 heavy (non-hydrogen) atoms. The number of hydrogen-bond acceptors (Lipinski definition) is 8. The number of carbonyl (C=O) groups is 1. The van der Waals surface area contributed by atoms with Gasteiger partial charge in [-0.3, -0.25) is 4.79 Å². The number of hydrogen-bond donors (Lipinski definition) is 1. The van der Waals surface area contributed by atoms with E-state index in [-0.39, 0.29) is 18.1 Å². The molecule has 3 aromatic heterocycles. The number of amides is 1. The number of morpholine rings is 1. The molecule has 144 valence electrons. The van der Waals surface area contributed by atoms with Crippen molar-refractivity contribution in [3.63, 3.8) is 0 Å². The quantitative estimate of drug-likeness (QED) is 0.682. The molecule has 0 saturated carbocycles. The normalized spacial score (nSPS) is 14.1. The van der Waals surface area contributed by atoms with E-state index < -0.39 is 0 Å². The monoisotopic (exact) mass is 380 g/mol. The summed E-state index contributed by atoms with van der Waals surface area (Å²) >= 11 is 0. The van der Waals surface area contributed by atoms with Gasteiger partial charge in [-0.1, -0.05) is 0 Å². The maximum absolute atomic E-state index is 12.6. The minimum Gasteiger partial charge on any atom is -0.378 e. The number of rotatable bonds is 5. The average Bonchev–Trinajstić information content (AvgIpc) is 3.27. The molecule has 0 unspecified atom stereocenters. The number of ether oxygens (including phenoxy) is 1. The van der Waals surface area contributed by atoms with Crippen LogP contribution >= 0.6 is 0 Å². The lowest BCUT2D eigenvalue weighted by Gasteiger charge is -2.26. The summed E-state index contributed by atoms with van der Waals surface area (Å²) in [5, 5.41) is 6.99. The Kier molecular flexibility index (Phi) is 5.20. The lowest BCUT2D eigenvalue weighted by molar-refractivity contribution is 0.0945. The van der Waals surface area contributed by atoms with Gasteiger partial charge >= 0.3 is 0 Å². The van der Waals surface area contributed by atoms with E-state index in [4.69, 9.17) is 4.74 Å². The molecular weight excluding hydrogens is 360 g/mol. The number of anilines is 1. The van der Waals surface area contributed by atoms with Crippen molar-refractivity contribution in [3.05, 3.63) is 54.0 Å². The first-order valence-electron chi connectivity index (χ1n) is 8.97. The Morgan fingerprint density at radius 2 is 2.07 bits per heavy atom. The Morgan fingerprint density at radius 1 is 1.21 bits per heavy atom. The summed E-state index contributed by atoms with van der Waals surface area (Å²) in [4.78, 5) is 32.0. The molecule has 1 aliphatic rings. The van der Waals surface area contributed by atoms with Crippen LogP contribution in [0, 0.1) is 6.92 Å². The van der Waals surface area contributed by atoms with E-state index in [1.54, 1.807) is 48.4 Å². The van der Waals surface area contributed by atoms with E-state index in [2.05, 4.69) is 35.3 Å². The molecular formula is C18H20N8O2. The fraction of sp³-hybridized carbons (Fsp3) is 0.333. The minimum absolute atomic E-state index is 0.277. The zero-order valence-corrected chi connectivity index (χ0v) is 15.4. The van der Waals surface area contributed by atoms with E-state index in [1.165, 1.54) is 0 Å². The largest absolute Gasteiger partial charge is 0.378 e. The van der Waals surface area contributed by atoms with Gasteiger partial charge in [0.2, 0.25) is 5.95 Å². The highest BCUT2D eigenvalue weighted by atomic mass is 16.5. The first-order valence-corrected chi connectivity index (χ1v) is 8.97. The van der Waals surface area contributed by atoms with Gasteiger partial charge in [0.05, 0.1) is 25.5 Å². The van der Waals surface area contributed by atoms with Gasteiger partial charge in [-0.2, -0.15) is 5.10 Å². The second-order valence-electron chi connectivity index (χ2n) is 6.24. The summed E-state index contributed by atoms with van der Waals surface area (Å²) in [5.41, 5.74) is 1.00. The second kappa shape index (κ2) is 8.09. The Hall–Kier alpha value is -3.40. The smallest absolute Gasteiger partial charge is 0.270 e. The second-order valence-corrected chi connectivity index (χ2v) is 6.24. The van der Waals surface area contributed by atoms with E-state index in [9.17, 15) is 4.79 Å². The fourth-order valence-corrected chi connectivity index (χ4v) is 2.85. The number of aromatic nitrogens is 6. The van der Waals surface area contributed by atoms with Crippen molar-refractivity contribution in [1.82, 2.24) is 35.0 Å². The molecule has 1 saturated heterocycles. The van der Waals surface area contributed by atoms with Crippen LogP contribution < -0.4 is 10.2 Å². The minimum atomic E-state index is -0.301. The zero-order chi connectivity index (χ0) is 19.3. The molecule has 1 amide bonds. The molecule has 0 radical (unpaired) electrons. The Labute approximate surface area is 161 Å². The third kappa shape index (κ3) is 4.12. The van der Waals surface area contributed by atoms with Crippen molar-refractivity contribution < 1.29 is 9.53 Å². The first kappa shape index (κ1) is 18.0. The van der Waals surface area contributed by atoms with Crippen LogP contribution in [0.5, 0.6) is 0 Å². The van der Waals surface area contributed by atoms with Gasteiger partial charge in [-0.15, -0.1) is 0 Å². The molecule has 1 fully saturated rings. The van der Waals surface area contributed by atoms with Gasteiger partial charge in [-0.25, -0.2) is 24.6 Å². The topological polar surface area (TPSA) is 111 Å². The van der Waals surface area contributed by atoms with Gasteiger partial charge in [0.1, 0.15) is 11.5 Å². The molecule has 0 atom stereocenters. The van der Waals surface area contributed by atoms with Crippen LogP contribution in [0.25, 0.3) is 5.82 Å². The van der Waals surface area contributed by atoms with Gasteiger partial charge in [0.15, 0.2) is 5.82 Å². The Morgan fingerprint density at radius 3 is 2.86 bits per heavy atom. The molecule has 10 nitrogen and oxygen atoms in total. The molecule has 4 rings (SSSR count). The maximum atomic E-state index is 12.6. The molecule has 0 aromatic carbocycles. The number of nitrogens with zero attached hydrogens (tertiary/aromatic N) is 7. The molecule has 1 aliphatic heterocycles. The first-order chi connectivity index (χ1) is 13.7. The lowest BCUT2D eigenvalue weighted by atomic mass is 10.3. The number of carbonyl (C=O) groups excluding carboxylic acids is 1. The van der Waals surface area contributed by atoms with Gasteiger partial charge < -0.3 is 15.0 Å². The summed E-state index contributed by atoms with van der Waals surface area (Å²) in [6, 6.07) is 5.18. The summed E-state index contributed by atoms with van der Waals surface area (Å²) in [6.07, 6.45) is 5.11. The van der Waals surface area contributed by atoms with E-state index >= 15 is 0 Å². The highest BCUT2D eigenvalue weighted by Crippen LogP contribution is 2.10. The van der Waals surface area contributed by atoms with Crippen LogP contribution in [0.15, 0.2) is 36.8 Å². The van der Waals surface area contributed by atoms with E-state index in [0.717, 1.165) is 18.8 Å². The van der Waals surface area contributed by atoms with Crippen molar-refractivity contribution in [2.45, 2.75) is 13.5 Å². The summed E-state index contributed by atoms with van der Waals surface area (Å²) in [6.45, 7) is 4.85. The van der Waals surface area contributed by atoms with Crippen LogP contribution in [0.1, 0.15) is 22.0 Å². The predicted molar refractivity (Wildman–Crippen MR) is 100 cm³/mol. The van der Waals surface area contributed by atoms with Crippen molar-refractivity contribution in [3.8, 4) is 5.82 Å². The standard InChI is InChI=1S/C18H20N8O2/c1-13-22-15(11-16(23-13)26-6-2-4-21-26)17(27)20-12-14-3-5-19-18(24-14)25-7-9-28-10-8-25/h2-6,11H,7-10,12H2,1H3,(H,20,27). The maximum Gasteiger partial charge on any atom is 0.270 e. The SMILES string of the molecule is Cc1nc(C(=O)NCc2ccnc(N3CCOCC3)n2)cc(-n2cccn2)n1. The average molecular weight is 380 g/mol. The summed E-state index contributed by atoms with van der Waals surface area (Å²) < 4.78 is 6.94. The van der Waals surface area contributed by atoms with Gasteiger partial charge in [0, 0.05) is 37.7 Å². The number of nitrogens with one attached hydrogen (secondary N) is 1. The van der Waals surface area contributed by atoms with Crippen LogP contribution in [-0.2, 0) is 11.3 Å². The lowest BCUT2D eigenvalue weighted by Crippen LogP contribution is -2.37. The highest BCUT2D eigenvalue weighted by Gasteiger charge is 2.15. The molecule has 0 bridgehead atoms. The van der Waals surface area contributed by atoms with Crippen molar-refractivity contribution in [2.75, 3.05) is 31.2 Å². The highest BCUT2D eigenvalue weighted by molar-refractivity contribution is 5.92. The predicted octanol–water partition coefficient (Wildman–Crippen LogP) is 0.527. The van der Waals surface area contributed by atoms with Crippen LogP contribution in [0.4, 0.5) is 5.95 Å². The van der Waals surface area contributed by atoms with Crippen molar-refractivity contribution in [1.29, 1.82) is 0 Å². The van der Waals surface area contributed by atoms with Gasteiger partial charge in [-0.05, 0) is 19.1 Å². The van der Waals surface area contributed by atoms with Crippen molar-refractivity contribution in [2.24, 2.45) is 0 Å². The summed E-state index contributed by atoms with van der Waals surface area (Å²) in [7, 11) is 0. The number of aryl methyl sites for hydroxylation is 1. The molecule has 3 aromatic rings. The van der Waals surface area contributed by atoms with E-state index in [1.807, 2.05) is 0 Å². The molecule has 10 heteroatoms. The van der Waals surface area contributed by atoms with E-state index in [0.29, 0.717) is 30.8 Å². The molecule has 4 heterocycles. The Balaban J connectivity index is 1.45. The van der Waals surface area contributed by atoms with Gasteiger partial charge in [0.25, 0.3) is 5.91 Å².